The van der Waals surface area contributed by atoms with Gasteiger partial charge in [-0.3, -0.25) is 4.79 Å². The Bertz CT molecular complexity index is 710. The van der Waals surface area contributed by atoms with E-state index in [0.717, 1.165) is 5.56 Å². The molecule has 0 bridgehead atoms. The summed E-state index contributed by atoms with van der Waals surface area (Å²) in [7, 11) is 0. The minimum absolute atomic E-state index is 0.117. The Morgan fingerprint density at radius 3 is 2.50 bits per heavy atom. The highest BCUT2D eigenvalue weighted by Gasteiger charge is 2.06. The number of hydrogen-bond donors (Lipinski definition) is 0. The Labute approximate surface area is 110 Å². The smallest absolute Gasteiger partial charge is 0.159 e. The van der Waals surface area contributed by atoms with Crippen LogP contribution in [0.1, 0.15) is 17.3 Å². The third-order valence-corrected chi connectivity index (χ3v) is 4.13. The van der Waals surface area contributed by atoms with Crippen LogP contribution in [0.4, 0.5) is 0 Å². The molecular weight excluding hydrogens is 240 g/mol. The van der Waals surface area contributed by atoms with Crippen molar-refractivity contribution in [3.05, 3.63) is 60.2 Å². The Morgan fingerprint density at radius 1 is 1.00 bits per heavy atom. The van der Waals surface area contributed by atoms with Gasteiger partial charge in [0.1, 0.15) is 0 Å². The van der Waals surface area contributed by atoms with Crippen molar-refractivity contribution in [2.45, 2.75) is 6.92 Å². The van der Waals surface area contributed by atoms with Crippen molar-refractivity contribution in [2.24, 2.45) is 0 Å². The summed E-state index contributed by atoms with van der Waals surface area (Å²) in [5.74, 6) is 0.117. The summed E-state index contributed by atoms with van der Waals surface area (Å²) >= 11 is 1.73. The SMILES string of the molecule is CC(=O)c1ccc2cc(-c3ccccc3)sc2c1. The van der Waals surface area contributed by atoms with E-state index in [4.69, 9.17) is 0 Å². The zero-order valence-corrected chi connectivity index (χ0v) is 10.8. The molecule has 3 aromatic rings. The van der Waals surface area contributed by atoms with Gasteiger partial charge in [-0.25, -0.2) is 0 Å². The summed E-state index contributed by atoms with van der Waals surface area (Å²) in [5.41, 5.74) is 2.01. The lowest BCUT2D eigenvalue weighted by Crippen LogP contribution is -1.89. The molecule has 0 spiro atoms. The molecule has 0 aliphatic heterocycles. The van der Waals surface area contributed by atoms with Gasteiger partial charge in [-0.2, -0.15) is 0 Å². The van der Waals surface area contributed by atoms with E-state index >= 15 is 0 Å². The number of carbonyl (C=O) groups is 1. The third-order valence-electron chi connectivity index (χ3n) is 2.98. The number of Topliss-reactive ketones (excluding diaryl/α,β-unsaturated/α-hetero) is 1. The van der Waals surface area contributed by atoms with Crippen molar-refractivity contribution < 1.29 is 4.79 Å². The predicted molar refractivity (Wildman–Crippen MR) is 77.3 cm³/mol. The molecule has 0 saturated carbocycles. The van der Waals surface area contributed by atoms with Gasteiger partial charge in [-0.1, -0.05) is 42.5 Å². The highest BCUT2D eigenvalue weighted by molar-refractivity contribution is 7.22. The lowest BCUT2D eigenvalue weighted by molar-refractivity contribution is 0.101. The predicted octanol–water partition coefficient (Wildman–Crippen LogP) is 4.77. The van der Waals surface area contributed by atoms with Gasteiger partial charge in [-0.05, 0) is 30.0 Å². The first-order valence-corrected chi connectivity index (χ1v) is 6.65. The van der Waals surface area contributed by atoms with Crippen LogP contribution in [0.3, 0.4) is 0 Å². The van der Waals surface area contributed by atoms with Crippen molar-refractivity contribution in [2.75, 3.05) is 0 Å². The van der Waals surface area contributed by atoms with Crippen LogP contribution in [0.2, 0.25) is 0 Å². The second kappa shape index (κ2) is 4.39. The standard InChI is InChI=1S/C16H12OS/c1-11(17)13-7-8-14-10-15(18-16(14)9-13)12-5-3-2-4-6-12/h2-10H,1H3. The van der Waals surface area contributed by atoms with E-state index in [0.29, 0.717) is 0 Å². The maximum atomic E-state index is 11.4. The van der Waals surface area contributed by atoms with Gasteiger partial charge in [0.25, 0.3) is 0 Å². The average Bonchev–Trinajstić information content (AvgIpc) is 2.82. The Kier molecular flexibility index (Phi) is 2.73. The molecular formula is C16H12OS. The van der Waals surface area contributed by atoms with Gasteiger partial charge >= 0.3 is 0 Å². The summed E-state index contributed by atoms with van der Waals surface area (Å²) in [6.07, 6.45) is 0. The largest absolute Gasteiger partial charge is 0.295 e. The third kappa shape index (κ3) is 1.95. The second-order valence-corrected chi connectivity index (χ2v) is 5.37. The molecule has 0 saturated heterocycles. The number of rotatable bonds is 2. The summed E-state index contributed by atoms with van der Waals surface area (Å²) in [6, 6.07) is 18.4. The molecule has 0 N–H and O–H groups in total. The highest BCUT2D eigenvalue weighted by atomic mass is 32.1. The number of ketones is 1. The van der Waals surface area contributed by atoms with E-state index in [1.807, 2.05) is 36.4 Å². The van der Waals surface area contributed by atoms with Gasteiger partial charge < -0.3 is 0 Å². The van der Waals surface area contributed by atoms with Gasteiger partial charge in [0.05, 0.1) is 0 Å². The van der Waals surface area contributed by atoms with Crippen LogP contribution in [-0.4, -0.2) is 5.78 Å². The van der Waals surface area contributed by atoms with Gasteiger partial charge in [0, 0.05) is 15.1 Å². The van der Waals surface area contributed by atoms with E-state index in [2.05, 4.69) is 18.2 Å². The lowest BCUT2D eigenvalue weighted by atomic mass is 10.1. The molecule has 18 heavy (non-hydrogen) atoms. The first-order valence-electron chi connectivity index (χ1n) is 5.84. The first-order chi connectivity index (χ1) is 8.74. The fourth-order valence-electron chi connectivity index (χ4n) is 1.99. The molecule has 1 aromatic heterocycles. The van der Waals surface area contributed by atoms with Crippen molar-refractivity contribution in [1.29, 1.82) is 0 Å². The van der Waals surface area contributed by atoms with Crippen LogP contribution in [0, 0.1) is 0 Å². The topological polar surface area (TPSA) is 17.1 Å². The fraction of sp³-hybridized carbons (Fsp3) is 0.0625. The second-order valence-electron chi connectivity index (χ2n) is 4.29. The molecule has 1 heterocycles. The Hall–Kier alpha value is -1.93. The molecule has 2 aromatic carbocycles. The van der Waals surface area contributed by atoms with Crippen molar-refractivity contribution in [1.82, 2.24) is 0 Å². The number of hydrogen-bond acceptors (Lipinski definition) is 2. The molecule has 0 aliphatic rings. The van der Waals surface area contributed by atoms with Crippen LogP contribution in [0.15, 0.2) is 54.6 Å². The van der Waals surface area contributed by atoms with Gasteiger partial charge in [0.2, 0.25) is 0 Å². The minimum Gasteiger partial charge on any atom is -0.295 e. The summed E-state index contributed by atoms with van der Waals surface area (Å²) in [4.78, 5) is 12.6. The maximum absolute atomic E-state index is 11.4. The van der Waals surface area contributed by atoms with E-state index < -0.39 is 0 Å². The Balaban J connectivity index is 2.14. The van der Waals surface area contributed by atoms with Crippen molar-refractivity contribution in [3.8, 4) is 10.4 Å². The van der Waals surface area contributed by atoms with E-state index in [1.165, 1.54) is 20.5 Å². The number of fused-ring (bicyclic) bond motifs is 1. The highest BCUT2D eigenvalue weighted by Crippen LogP contribution is 2.33. The molecule has 0 fully saturated rings. The quantitative estimate of drug-likeness (QED) is 0.600. The zero-order valence-electron chi connectivity index (χ0n) is 10.0. The molecule has 2 heteroatoms. The zero-order chi connectivity index (χ0) is 12.5. The Morgan fingerprint density at radius 2 is 1.78 bits per heavy atom. The van der Waals surface area contributed by atoms with Gasteiger partial charge in [-0.15, -0.1) is 11.3 Å². The van der Waals surface area contributed by atoms with E-state index in [1.54, 1.807) is 18.3 Å². The average molecular weight is 252 g/mol. The molecule has 0 atom stereocenters. The maximum Gasteiger partial charge on any atom is 0.159 e. The summed E-state index contributed by atoms with van der Waals surface area (Å²) in [5, 5.41) is 1.20. The monoisotopic (exact) mass is 252 g/mol. The van der Waals surface area contributed by atoms with E-state index in [-0.39, 0.29) is 5.78 Å². The van der Waals surface area contributed by atoms with Crippen LogP contribution in [0.5, 0.6) is 0 Å². The normalized spacial score (nSPS) is 10.7. The first kappa shape index (κ1) is 11.2. The van der Waals surface area contributed by atoms with Crippen molar-refractivity contribution >= 4 is 27.2 Å². The molecule has 0 radical (unpaired) electrons. The molecule has 0 aliphatic carbocycles. The van der Waals surface area contributed by atoms with Crippen LogP contribution >= 0.6 is 11.3 Å². The molecule has 0 unspecified atom stereocenters. The van der Waals surface area contributed by atoms with Crippen LogP contribution in [0.25, 0.3) is 20.5 Å². The van der Waals surface area contributed by atoms with Crippen molar-refractivity contribution in [3.63, 3.8) is 0 Å². The van der Waals surface area contributed by atoms with E-state index in [9.17, 15) is 4.79 Å². The fourth-order valence-corrected chi connectivity index (χ4v) is 3.10. The summed E-state index contributed by atoms with van der Waals surface area (Å²) in [6.45, 7) is 1.60. The molecule has 0 amide bonds. The van der Waals surface area contributed by atoms with Crippen LogP contribution < -0.4 is 0 Å². The minimum atomic E-state index is 0.117. The van der Waals surface area contributed by atoms with Gasteiger partial charge in [0.15, 0.2) is 5.78 Å². The number of carbonyl (C=O) groups excluding carboxylic acids is 1. The molecule has 1 nitrogen and oxygen atoms in total. The number of benzene rings is 2. The summed E-state index contributed by atoms with van der Waals surface area (Å²) < 4.78 is 1.17. The van der Waals surface area contributed by atoms with Crippen LogP contribution in [-0.2, 0) is 0 Å². The molecule has 3 rings (SSSR count). The number of thiophene rings is 1. The lowest BCUT2D eigenvalue weighted by Gasteiger charge is -1.94. The molecule has 88 valence electrons.